The van der Waals surface area contributed by atoms with E-state index in [1.54, 1.807) is 24.5 Å². The number of amides is 1. The van der Waals surface area contributed by atoms with Crippen LogP contribution in [0.3, 0.4) is 0 Å². The second-order valence-corrected chi connectivity index (χ2v) is 8.68. The molecule has 10 heteroatoms. The van der Waals surface area contributed by atoms with Crippen LogP contribution in [-0.2, 0) is 10.9 Å². The van der Waals surface area contributed by atoms with Crippen molar-refractivity contribution in [3.05, 3.63) is 83.2 Å². The lowest BCUT2D eigenvalue weighted by Crippen LogP contribution is -2.38. The van der Waals surface area contributed by atoms with Gasteiger partial charge in [-0.2, -0.15) is 18.3 Å². The van der Waals surface area contributed by atoms with E-state index in [9.17, 15) is 18.0 Å². The third-order valence-electron chi connectivity index (χ3n) is 6.06. The lowest BCUT2D eigenvalue weighted by Gasteiger charge is -2.28. The number of ether oxygens (including phenoxy) is 2. The molecule has 3 aromatic rings. The summed E-state index contributed by atoms with van der Waals surface area (Å²) in [6.45, 7) is 3.58. The Morgan fingerprint density at radius 2 is 2.00 bits per heavy atom. The second-order valence-electron chi connectivity index (χ2n) is 8.68. The van der Waals surface area contributed by atoms with Gasteiger partial charge in [0.15, 0.2) is 0 Å². The van der Waals surface area contributed by atoms with Gasteiger partial charge in [-0.3, -0.25) is 14.8 Å². The molecule has 1 N–H and O–H groups in total. The van der Waals surface area contributed by atoms with Crippen LogP contribution in [0.4, 0.5) is 24.5 Å². The van der Waals surface area contributed by atoms with E-state index in [2.05, 4.69) is 15.4 Å². The highest BCUT2D eigenvalue weighted by Crippen LogP contribution is 2.34. The number of hydrogen-bond donors (Lipinski definition) is 1. The number of hydrogen-bond acceptors (Lipinski definition) is 6. The highest BCUT2D eigenvalue weighted by atomic mass is 19.4. The zero-order valence-corrected chi connectivity index (χ0v) is 19.3. The predicted molar refractivity (Wildman–Crippen MR) is 129 cm³/mol. The molecule has 1 saturated heterocycles. The van der Waals surface area contributed by atoms with Crippen LogP contribution >= 0.6 is 0 Å². The summed E-state index contributed by atoms with van der Waals surface area (Å²) in [5, 5.41) is 9.07. The molecule has 1 atom stereocenters. The number of nitrogens with zero attached hydrogens (tertiary/aromatic N) is 3. The molecule has 36 heavy (non-hydrogen) atoms. The topological polar surface area (TPSA) is 76.1 Å². The fourth-order valence-corrected chi connectivity index (χ4v) is 4.03. The molecule has 2 aromatic carbocycles. The minimum Gasteiger partial charge on any atom is -0.485 e. The van der Waals surface area contributed by atoms with Gasteiger partial charge in [-0.15, -0.1) is 0 Å². The smallest absolute Gasteiger partial charge is 0.416 e. The minimum absolute atomic E-state index is 0.0277. The number of pyridine rings is 1. The van der Waals surface area contributed by atoms with Gasteiger partial charge in [0.1, 0.15) is 11.9 Å². The number of alkyl halides is 3. The molecule has 5 rings (SSSR count). The Morgan fingerprint density at radius 3 is 2.75 bits per heavy atom. The van der Waals surface area contributed by atoms with Crippen molar-refractivity contribution in [2.24, 2.45) is 5.10 Å². The Balaban J connectivity index is 1.31. The summed E-state index contributed by atoms with van der Waals surface area (Å²) >= 11 is 0. The van der Waals surface area contributed by atoms with Gasteiger partial charge in [-0.05, 0) is 48.9 Å². The molecule has 2 aliphatic rings. The monoisotopic (exact) mass is 496 g/mol. The third kappa shape index (κ3) is 5.03. The SMILES string of the molecule is Cc1ccc(NC(=O)c2cccc(C(F)(F)F)c2)cc1N1CC(c2cnccc2OC2COC2)C=N1. The van der Waals surface area contributed by atoms with Gasteiger partial charge < -0.3 is 14.8 Å². The molecule has 1 amide bonds. The van der Waals surface area contributed by atoms with Crippen molar-refractivity contribution in [2.45, 2.75) is 25.1 Å². The zero-order chi connectivity index (χ0) is 25.3. The van der Waals surface area contributed by atoms with Crippen molar-refractivity contribution in [3.8, 4) is 5.75 Å². The van der Waals surface area contributed by atoms with Crippen LogP contribution in [0.1, 0.15) is 33.0 Å². The van der Waals surface area contributed by atoms with Gasteiger partial charge in [0, 0.05) is 41.3 Å². The van der Waals surface area contributed by atoms with Crippen molar-refractivity contribution < 1.29 is 27.4 Å². The van der Waals surface area contributed by atoms with Gasteiger partial charge in [0.2, 0.25) is 0 Å². The van der Waals surface area contributed by atoms with E-state index in [4.69, 9.17) is 9.47 Å². The molecule has 0 spiro atoms. The van der Waals surface area contributed by atoms with E-state index in [-0.39, 0.29) is 17.6 Å². The molecule has 0 radical (unpaired) electrons. The van der Waals surface area contributed by atoms with Crippen molar-refractivity contribution >= 4 is 23.5 Å². The summed E-state index contributed by atoms with van der Waals surface area (Å²) in [7, 11) is 0. The molecule has 1 fully saturated rings. The summed E-state index contributed by atoms with van der Waals surface area (Å²) in [6, 6.07) is 11.4. The average molecular weight is 496 g/mol. The van der Waals surface area contributed by atoms with Crippen molar-refractivity contribution in [2.75, 3.05) is 30.1 Å². The zero-order valence-electron chi connectivity index (χ0n) is 19.3. The second kappa shape index (κ2) is 9.62. The maximum atomic E-state index is 13.0. The molecule has 1 unspecified atom stereocenters. The number of aromatic nitrogens is 1. The fourth-order valence-electron chi connectivity index (χ4n) is 4.03. The van der Waals surface area contributed by atoms with Gasteiger partial charge in [-0.1, -0.05) is 12.1 Å². The molecule has 7 nitrogen and oxygen atoms in total. The molecule has 3 heterocycles. The van der Waals surface area contributed by atoms with E-state index in [0.717, 1.165) is 34.7 Å². The number of hydrazone groups is 1. The summed E-state index contributed by atoms with van der Waals surface area (Å²) < 4.78 is 50.3. The molecule has 0 saturated carbocycles. The van der Waals surface area contributed by atoms with Crippen LogP contribution in [0.25, 0.3) is 0 Å². The number of nitrogens with one attached hydrogen (secondary N) is 1. The lowest BCUT2D eigenvalue weighted by atomic mass is 10.0. The predicted octanol–water partition coefficient (Wildman–Crippen LogP) is 5.03. The highest BCUT2D eigenvalue weighted by Gasteiger charge is 2.31. The lowest BCUT2D eigenvalue weighted by molar-refractivity contribution is -0.137. The molecule has 2 aliphatic heterocycles. The number of aryl methyl sites for hydroxylation is 1. The standard InChI is InChI=1S/C26H23F3N4O3/c1-16-5-6-20(32-25(34)17-3-2-4-19(9-17)26(27,28)29)10-23(16)33-13-18(11-31-33)22-12-30-8-7-24(22)36-21-14-35-15-21/h2-12,18,21H,13-15H2,1H3,(H,32,34). The maximum absolute atomic E-state index is 13.0. The van der Waals surface area contributed by atoms with Crippen LogP contribution in [-0.4, -0.2) is 43.0 Å². The first-order valence-electron chi connectivity index (χ1n) is 11.4. The first-order valence-corrected chi connectivity index (χ1v) is 11.4. The number of halogens is 3. The van der Waals surface area contributed by atoms with Crippen LogP contribution < -0.4 is 15.1 Å². The quantitative estimate of drug-likeness (QED) is 0.518. The Hall–Kier alpha value is -3.92. The first-order chi connectivity index (χ1) is 17.3. The van der Waals surface area contributed by atoms with E-state index < -0.39 is 17.6 Å². The van der Waals surface area contributed by atoms with Crippen LogP contribution in [0.2, 0.25) is 0 Å². The molecule has 0 aliphatic carbocycles. The van der Waals surface area contributed by atoms with E-state index >= 15 is 0 Å². The normalized spacial score (nSPS) is 17.7. The maximum Gasteiger partial charge on any atom is 0.416 e. The van der Waals surface area contributed by atoms with E-state index in [1.165, 1.54) is 12.1 Å². The van der Waals surface area contributed by atoms with Crippen molar-refractivity contribution in [1.82, 2.24) is 4.98 Å². The van der Waals surface area contributed by atoms with Crippen molar-refractivity contribution in [1.29, 1.82) is 0 Å². The first kappa shape index (κ1) is 23.8. The highest BCUT2D eigenvalue weighted by molar-refractivity contribution is 6.04. The molecular formula is C26H23F3N4O3. The number of carbonyl (C=O) groups excluding carboxylic acids is 1. The summed E-state index contributed by atoms with van der Waals surface area (Å²) in [4.78, 5) is 16.9. The van der Waals surface area contributed by atoms with E-state index in [0.29, 0.717) is 25.4 Å². The summed E-state index contributed by atoms with van der Waals surface area (Å²) in [6.07, 6.45) is 0.785. The van der Waals surface area contributed by atoms with E-state index in [1.807, 2.05) is 30.3 Å². The molecule has 186 valence electrons. The summed E-state index contributed by atoms with van der Waals surface area (Å²) in [5.74, 6) is 0.0590. The molecular weight excluding hydrogens is 473 g/mol. The Morgan fingerprint density at radius 1 is 1.17 bits per heavy atom. The van der Waals surface area contributed by atoms with Crippen LogP contribution in [0.5, 0.6) is 5.75 Å². The summed E-state index contributed by atoms with van der Waals surface area (Å²) in [5.41, 5.74) is 2.12. The Labute approximate surface area is 205 Å². The number of rotatable bonds is 6. The minimum atomic E-state index is -4.53. The van der Waals surface area contributed by atoms with Gasteiger partial charge >= 0.3 is 6.18 Å². The largest absolute Gasteiger partial charge is 0.485 e. The average Bonchev–Trinajstić information content (AvgIpc) is 3.32. The number of carbonyl (C=O) groups is 1. The molecule has 0 bridgehead atoms. The van der Waals surface area contributed by atoms with Crippen molar-refractivity contribution in [3.63, 3.8) is 0 Å². The Bertz CT molecular complexity index is 1310. The molecule has 1 aromatic heterocycles. The fraction of sp³-hybridized carbons (Fsp3) is 0.269. The van der Waals surface area contributed by atoms with Gasteiger partial charge in [0.25, 0.3) is 5.91 Å². The van der Waals surface area contributed by atoms with Crippen LogP contribution in [0.15, 0.2) is 66.0 Å². The number of anilines is 2. The third-order valence-corrected chi connectivity index (χ3v) is 6.06. The van der Waals surface area contributed by atoms with Crippen LogP contribution in [0, 0.1) is 6.92 Å². The number of benzene rings is 2. The van der Waals surface area contributed by atoms with Gasteiger partial charge in [-0.25, -0.2) is 0 Å². The van der Waals surface area contributed by atoms with Gasteiger partial charge in [0.05, 0.1) is 31.0 Å². The Kier molecular flexibility index (Phi) is 6.36.